The third-order valence-corrected chi connectivity index (χ3v) is 0. The van der Waals surface area contributed by atoms with Crippen LogP contribution in [0.5, 0.6) is 0 Å². The standard InChI is InChI=1S/FH.H3N.H2O.Zr/h1H;1H3;1H2;. The number of hydrogen-bond acceptors (Lipinski definition) is 1. The van der Waals surface area contributed by atoms with E-state index >= 15 is 0 Å². The SMILES string of the molecule is F.N.O.[Zr]. The smallest absolute Gasteiger partial charge is 0 e. The molecule has 0 saturated carbocycles. The third-order valence-electron chi connectivity index (χ3n) is 0. The molecular weight excluding hydrogens is 140 g/mol. The second kappa shape index (κ2) is 51.9. The summed E-state index contributed by atoms with van der Waals surface area (Å²) in [6.45, 7) is 0. The van der Waals surface area contributed by atoms with Crippen molar-refractivity contribution in [2.24, 2.45) is 0 Å². The van der Waals surface area contributed by atoms with Gasteiger partial charge in [0.1, 0.15) is 0 Å². The molecule has 2 nitrogen and oxygen atoms in total. The van der Waals surface area contributed by atoms with Crippen molar-refractivity contribution in [2.45, 2.75) is 0 Å². The summed E-state index contributed by atoms with van der Waals surface area (Å²) in [5.74, 6) is 0. The molecule has 0 aromatic heterocycles. The van der Waals surface area contributed by atoms with Crippen LogP contribution in [-0.2, 0) is 26.2 Å². The van der Waals surface area contributed by atoms with Crippen molar-refractivity contribution in [1.82, 2.24) is 6.15 Å². The van der Waals surface area contributed by atoms with E-state index in [0.717, 1.165) is 0 Å². The van der Waals surface area contributed by atoms with Crippen LogP contribution in [0.3, 0.4) is 0 Å². The van der Waals surface area contributed by atoms with Crippen LogP contribution in [0.1, 0.15) is 0 Å². The first-order chi connectivity index (χ1) is 0. The Hall–Kier alpha value is 0.733. The van der Waals surface area contributed by atoms with Gasteiger partial charge in [-0.25, -0.2) is 0 Å². The summed E-state index contributed by atoms with van der Waals surface area (Å²) in [5, 5.41) is 0. The van der Waals surface area contributed by atoms with Gasteiger partial charge < -0.3 is 11.6 Å². The Morgan fingerprint density at radius 2 is 1.00 bits per heavy atom. The Labute approximate surface area is 43.0 Å². The minimum absolute atomic E-state index is 0. The van der Waals surface area contributed by atoms with Gasteiger partial charge in [-0.2, -0.15) is 0 Å². The fraction of sp³-hybridized carbons (Fsp3) is 0. The molecule has 0 unspecified atom stereocenters. The molecule has 0 spiro atoms. The minimum atomic E-state index is 0. The normalized spacial score (nSPS) is 0. The van der Waals surface area contributed by atoms with Crippen molar-refractivity contribution in [3.63, 3.8) is 0 Å². The van der Waals surface area contributed by atoms with E-state index in [2.05, 4.69) is 0 Å². The van der Waals surface area contributed by atoms with Gasteiger partial charge in [0.25, 0.3) is 0 Å². The van der Waals surface area contributed by atoms with Gasteiger partial charge in [0, 0.05) is 26.2 Å². The van der Waals surface area contributed by atoms with Crippen LogP contribution in [-0.4, -0.2) is 5.48 Å². The van der Waals surface area contributed by atoms with Crippen LogP contribution in [0.25, 0.3) is 0 Å². The molecule has 0 radical (unpaired) electrons. The fourth-order valence-corrected chi connectivity index (χ4v) is 0. The molecule has 28 valence electrons. The minimum Gasteiger partial charge on any atom is -0.412 e. The summed E-state index contributed by atoms with van der Waals surface area (Å²) in [6, 6.07) is 0. The van der Waals surface area contributed by atoms with E-state index in [1.54, 1.807) is 0 Å². The van der Waals surface area contributed by atoms with Crippen molar-refractivity contribution in [3.8, 4) is 0 Å². The summed E-state index contributed by atoms with van der Waals surface area (Å²) in [6.07, 6.45) is 0. The Balaban J connectivity index is 0. The molecule has 0 saturated heterocycles. The monoisotopic (exact) mass is 145 g/mol. The van der Waals surface area contributed by atoms with E-state index in [4.69, 9.17) is 0 Å². The van der Waals surface area contributed by atoms with Gasteiger partial charge in [-0.1, -0.05) is 0 Å². The molecule has 0 aromatic rings. The van der Waals surface area contributed by atoms with Gasteiger partial charge in [-0.3, -0.25) is 4.70 Å². The van der Waals surface area contributed by atoms with Crippen LogP contribution in [0, 0.1) is 0 Å². The molecule has 5 N–H and O–H groups in total. The van der Waals surface area contributed by atoms with E-state index in [1.807, 2.05) is 0 Å². The van der Waals surface area contributed by atoms with Crippen LogP contribution in [0.4, 0.5) is 4.70 Å². The molecule has 4 heavy (non-hydrogen) atoms. The van der Waals surface area contributed by atoms with E-state index in [-0.39, 0.29) is 42.5 Å². The van der Waals surface area contributed by atoms with Gasteiger partial charge >= 0.3 is 0 Å². The Bertz CT molecular complexity index is 8.00. The van der Waals surface area contributed by atoms with E-state index in [9.17, 15) is 0 Å². The average Bonchev–Trinajstić information content (AvgIpc) is 0. The summed E-state index contributed by atoms with van der Waals surface area (Å²) < 4.78 is 0. The molecule has 0 heterocycles. The Kier molecular flexibility index (Phi) is 1590. The molecule has 4 heteroatoms. The van der Waals surface area contributed by atoms with E-state index in [1.165, 1.54) is 0 Å². The molecule has 0 fully saturated rings. The van der Waals surface area contributed by atoms with Crippen LogP contribution >= 0.6 is 0 Å². The molecule has 0 aliphatic heterocycles. The third kappa shape index (κ3) is 15.3. The Morgan fingerprint density at radius 3 is 1.00 bits per heavy atom. The number of rotatable bonds is 0. The topological polar surface area (TPSA) is 66.5 Å². The maximum Gasteiger partial charge on any atom is 0 e. The van der Waals surface area contributed by atoms with Crippen molar-refractivity contribution in [3.05, 3.63) is 0 Å². The first kappa shape index (κ1) is 123. The van der Waals surface area contributed by atoms with Crippen molar-refractivity contribution in [1.29, 1.82) is 0 Å². The zero-order valence-corrected chi connectivity index (χ0v) is 4.57. The van der Waals surface area contributed by atoms with Gasteiger partial charge in [0.05, 0.1) is 0 Å². The van der Waals surface area contributed by atoms with Gasteiger partial charge in [-0.05, 0) is 0 Å². The predicted molar refractivity (Wildman–Crippen MR) is 11.1 cm³/mol. The fourth-order valence-electron chi connectivity index (χ4n) is 0. The van der Waals surface area contributed by atoms with Gasteiger partial charge in [0.2, 0.25) is 0 Å². The second-order valence-corrected chi connectivity index (χ2v) is 0. The molecule has 0 atom stereocenters. The molecule has 0 bridgehead atoms. The summed E-state index contributed by atoms with van der Waals surface area (Å²) in [5.41, 5.74) is 0. The molecule has 0 aliphatic rings. The van der Waals surface area contributed by atoms with Gasteiger partial charge in [0.15, 0.2) is 0 Å². The largest absolute Gasteiger partial charge is 0.412 e. The van der Waals surface area contributed by atoms with Crippen LogP contribution in [0.2, 0.25) is 0 Å². The van der Waals surface area contributed by atoms with Crippen molar-refractivity contribution < 1.29 is 36.4 Å². The zero-order valence-electron chi connectivity index (χ0n) is 2.12. The Morgan fingerprint density at radius 1 is 1.00 bits per heavy atom. The van der Waals surface area contributed by atoms with Crippen LogP contribution in [0.15, 0.2) is 0 Å². The molecule has 0 aliphatic carbocycles. The van der Waals surface area contributed by atoms with Crippen LogP contribution < -0.4 is 6.15 Å². The predicted octanol–water partition coefficient (Wildman–Crippen LogP) is -0.513. The zero-order chi connectivity index (χ0) is 0. The average molecular weight is 146 g/mol. The molecule has 0 amide bonds. The van der Waals surface area contributed by atoms with E-state index in [0.29, 0.717) is 0 Å². The molecule has 0 rings (SSSR count). The number of hydrogen-bond donors (Lipinski definition) is 1. The maximum atomic E-state index is 0. The van der Waals surface area contributed by atoms with Crippen molar-refractivity contribution in [2.75, 3.05) is 0 Å². The first-order valence-electron chi connectivity index (χ1n) is 0. The summed E-state index contributed by atoms with van der Waals surface area (Å²) in [7, 11) is 0. The maximum absolute atomic E-state index is 0. The number of halogens is 1. The first-order valence-corrected chi connectivity index (χ1v) is 0. The quantitative estimate of drug-likeness (QED) is 0.491. The summed E-state index contributed by atoms with van der Waals surface area (Å²) >= 11 is 0. The van der Waals surface area contributed by atoms with Gasteiger partial charge in [-0.15, -0.1) is 0 Å². The van der Waals surface area contributed by atoms with E-state index < -0.39 is 0 Å². The second-order valence-electron chi connectivity index (χ2n) is 0. The molecule has 0 aromatic carbocycles. The van der Waals surface area contributed by atoms with Crippen molar-refractivity contribution >= 4 is 0 Å². The molecular formula is H6FNOZr. The summed E-state index contributed by atoms with van der Waals surface area (Å²) in [4.78, 5) is 0.